The van der Waals surface area contributed by atoms with Crippen LogP contribution in [0.5, 0.6) is 0 Å². The van der Waals surface area contributed by atoms with Gasteiger partial charge in [-0.2, -0.15) is 0 Å². The normalized spacial score (nSPS) is 51.7. The highest BCUT2D eigenvalue weighted by atomic mass is 16.4. The van der Waals surface area contributed by atoms with Gasteiger partial charge in [0.2, 0.25) is 0 Å². The predicted molar refractivity (Wildman–Crippen MR) is 112 cm³/mol. The molecule has 4 aliphatic rings. The molecule has 0 aromatic carbocycles. The number of carbonyl (C=O) groups is 1. The van der Waals surface area contributed by atoms with E-state index in [4.69, 9.17) is 0 Å². The van der Waals surface area contributed by atoms with Crippen LogP contribution < -0.4 is 0 Å². The minimum absolute atomic E-state index is 0.149. The lowest BCUT2D eigenvalue weighted by atomic mass is 9.41. The fourth-order valence-electron chi connectivity index (χ4n) is 9.43. The van der Waals surface area contributed by atoms with Crippen LogP contribution in [0, 0.1) is 52.3 Å². The summed E-state index contributed by atoms with van der Waals surface area (Å²) in [6.45, 7) is 9.47. The molecule has 0 amide bonds. The first kappa shape index (κ1) is 20.7. The minimum Gasteiger partial charge on any atom is -0.481 e. The second-order valence-electron chi connectivity index (χ2n) is 11.5. The maximum absolute atomic E-state index is 11.7. The van der Waals surface area contributed by atoms with Crippen LogP contribution in [0.4, 0.5) is 0 Å². The van der Waals surface area contributed by atoms with Gasteiger partial charge in [0.05, 0.1) is 6.10 Å². The van der Waals surface area contributed by atoms with Gasteiger partial charge in [0.25, 0.3) is 0 Å². The summed E-state index contributed by atoms with van der Waals surface area (Å²) in [5, 5.41) is 21.0. The molecule has 0 heterocycles. The zero-order chi connectivity index (χ0) is 20.3. The maximum atomic E-state index is 11.7. The molecule has 4 aliphatic carbocycles. The molecule has 0 spiro atoms. The van der Waals surface area contributed by atoms with E-state index in [9.17, 15) is 15.0 Å². The van der Waals surface area contributed by atoms with E-state index < -0.39 is 5.97 Å². The number of rotatable bonds is 4. The SMILES string of the molecule is CC[C@H]1C(O)C2C3CC[C@H]([C@H](C)CC(=O)O)[C@@]3(C)CCC2[C@@]2(C)CCCC[C@@H]12. The molecule has 4 saturated carbocycles. The lowest BCUT2D eigenvalue weighted by molar-refractivity contribution is -0.194. The highest BCUT2D eigenvalue weighted by Crippen LogP contribution is 2.69. The summed E-state index contributed by atoms with van der Waals surface area (Å²) in [6, 6.07) is 0. The third kappa shape index (κ3) is 2.89. The third-order valence-electron chi connectivity index (χ3n) is 10.6. The van der Waals surface area contributed by atoms with E-state index in [1.807, 2.05) is 0 Å². The molecule has 3 nitrogen and oxygen atoms in total. The fraction of sp³-hybridized carbons (Fsp3) is 0.960. The first-order valence-electron chi connectivity index (χ1n) is 12.1. The predicted octanol–water partition coefficient (Wildman–Crippen LogP) is 5.75. The number of aliphatic carboxylic acids is 1. The summed E-state index contributed by atoms with van der Waals surface area (Å²) in [5.41, 5.74) is 0.627. The van der Waals surface area contributed by atoms with Crippen molar-refractivity contribution in [1.29, 1.82) is 0 Å². The Labute approximate surface area is 171 Å². The maximum Gasteiger partial charge on any atom is 0.303 e. The lowest BCUT2D eigenvalue weighted by Gasteiger charge is -2.64. The molecule has 0 aliphatic heterocycles. The van der Waals surface area contributed by atoms with Gasteiger partial charge in [-0.3, -0.25) is 4.79 Å². The molecule has 4 fully saturated rings. The van der Waals surface area contributed by atoms with Crippen molar-refractivity contribution in [3.63, 3.8) is 0 Å². The van der Waals surface area contributed by atoms with E-state index in [0.717, 1.165) is 12.8 Å². The van der Waals surface area contributed by atoms with Gasteiger partial charge >= 0.3 is 5.97 Å². The molecule has 0 saturated heterocycles. The summed E-state index contributed by atoms with van der Waals surface area (Å²) in [7, 11) is 0. The highest BCUT2D eigenvalue weighted by molar-refractivity contribution is 5.67. The molecule has 10 atom stereocenters. The van der Waals surface area contributed by atoms with Gasteiger partial charge in [-0.1, -0.05) is 47.0 Å². The monoisotopic (exact) mass is 390 g/mol. The number of fused-ring (bicyclic) bond motifs is 5. The Kier molecular flexibility index (Phi) is 5.39. The molecule has 0 bridgehead atoms. The van der Waals surface area contributed by atoms with Crippen molar-refractivity contribution in [2.24, 2.45) is 52.3 Å². The highest BCUT2D eigenvalue weighted by Gasteiger charge is 2.64. The Hall–Kier alpha value is -0.570. The van der Waals surface area contributed by atoms with Crippen molar-refractivity contribution < 1.29 is 15.0 Å². The number of hydrogen-bond acceptors (Lipinski definition) is 2. The van der Waals surface area contributed by atoms with Crippen LogP contribution >= 0.6 is 0 Å². The number of aliphatic hydroxyl groups is 1. The number of carboxylic acid groups (broad SMARTS) is 1. The van der Waals surface area contributed by atoms with Gasteiger partial charge in [-0.25, -0.2) is 0 Å². The van der Waals surface area contributed by atoms with Crippen LogP contribution in [0.2, 0.25) is 0 Å². The average molecular weight is 391 g/mol. The first-order chi connectivity index (χ1) is 13.2. The molecule has 0 radical (unpaired) electrons. The van der Waals surface area contributed by atoms with Gasteiger partial charge in [0.1, 0.15) is 0 Å². The molecule has 160 valence electrons. The third-order valence-corrected chi connectivity index (χ3v) is 10.6. The topological polar surface area (TPSA) is 57.5 Å². The van der Waals surface area contributed by atoms with E-state index in [2.05, 4.69) is 27.7 Å². The standard InChI is InChI=1S/C25H42O3/c1-5-16-18-8-6-7-12-24(18,3)20-11-13-25(4)17(15(2)14-21(26)27)9-10-19(25)22(20)23(16)28/h15-20,22-23,28H,5-14H2,1-4H3,(H,26,27)/t15-,16-,17-,18+,19?,20?,22?,23?,24+,25-/m1/s1. The molecular weight excluding hydrogens is 348 g/mol. The Morgan fingerprint density at radius 1 is 1.00 bits per heavy atom. The van der Waals surface area contributed by atoms with Crippen molar-refractivity contribution in [1.82, 2.24) is 0 Å². The van der Waals surface area contributed by atoms with Gasteiger partial charge in [0, 0.05) is 6.42 Å². The van der Waals surface area contributed by atoms with Crippen LogP contribution in [0.1, 0.15) is 91.9 Å². The average Bonchev–Trinajstić information content (AvgIpc) is 2.99. The molecule has 0 aromatic rings. The summed E-state index contributed by atoms with van der Waals surface area (Å²) in [4.78, 5) is 11.4. The number of hydrogen-bond donors (Lipinski definition) is 2. The fourth-order valence-corrected chi connectivity index (χ4v) is 9.43. The van der Waals surface area contributed by atoms with E-state index in [-0.39, 0.29) is 17.4 Å². The van der Waals surface area contributed by atoms with Gasteiger partial charge < -0.3 is 10.2 Å². The van der Waals surface area contributed by atoms with E-state index in [1.165, 1.54) is 44.9 Å². The second-order valence-corrected chi connectivity index (χ2v) is 11.5. The van der Waals surface area contributed by atoms with E-state index >= 15 is 0 Å². The summed E-state index contributed by atoms with van der Waals surface area (Å²) < 4.78 is 0. The van der Waals surface area contributed by atoms with Crippen LogP contribution in [-0.2, 0) is 4.79 Å². The van der Waals surface area contributed by atoms with Gasteiger partial charge in [-0.15, -0.1) is 0 Å². The molecule has 4 unspecified atom stereocenters. The molecule has 0 aromatic heterocycles. The molecule has 3 heteroatoms. The summed E-state index contributed by atoms with van der Waals surface area (Å²) in [6.07, 6.45) is 11.5. The van der Waals surface area contributed by atoms with Crippen LogP contribution in [0.15, 0.2) is 0 Å². The summed E-state index contributed by atoms with van der Waals surface area (Å²) in [5.74, 6) is 2.93. The van der Waals surface area contributed by atoms with Gasteiger partial charge in [0.15, 0.2) is 0 Å². The van der Waals surface area contributed by atoms with Crippen LogP contribution in [0.3, 0.4) is 0 Å². The number of carboxylic acids is 1. The Morgan fingerprint density at radius 2 is 1.71 bits per heavy atom. The van der Waals surface area contributed by atoms with Crippen LogP contribution in [0.25, 0.3) is 0 Å². The quantitative estimate of drug-likeness (QED) is 0.642. The zero-order valence-corrected chi connectivity index (χ0v) is 18.5. The van der Waals surface area contributed by atoms with Crippen molar-refractivity contribution in [3.8, 4) is 0 Å². The number of aliphatic hydroxyl groups excluding tert-OH is 1. The Morgan fingerprint density at radius 3 is 2.39 bits per heavy atom. The Bertz CT molecular complexity index is 603. The largest absolute Gasteiger partial charge is 0.481 e. The lowest BCUT2D eigenvalue weighted by Crippen LogP contribution is -2.61. The van der Waals surface area contributed by atoms with Crippen molar-refractivity contribution in [2.45, 2.75) is 98.0 Å². The molecule has 4 rings (SSSR count). The van der Waals surface area contributed by atoms with E-state index in [1.54, 1.807) is 0 Å². The Balaban J connectivity index is 1.66. The van der Waals surface area contributed by atoms with Crippen molar-refractivity contribution in [2.75, 3.05) is 0 Å². The van der Waals surface area contributed by atoms with Crippen molar-refractivity contribution in [3.05, 3.63) is 0 Å². The second kappa shape index (κ2) is 7.29. The zero-order valence-electron chi connectivity index (χ0n) is 18.5. The smallest absolute Gasteiger partial charge is 0.303 e. The van der Waals surface area contributed by atoms with Gasteiger partial charge in [-0.05, 0) is 90.8 Å². The summed E-state index contributed by atoms with van der Waals surface area (Å²) >= 11 is 0. The molecular formula is C25H42O3. The van der Waals surface area contributed by atoms with Crippen molar-refractivity contribution >= 4 is 5.97 Å². The first-order valence-corrected chi connectivity index (χ1v) is 12.1. The van der Waals surface area contributed by atoms with Crippen LogP contribution in [-0.4, -0.2) is 22.3 Å². The molecule has 2 N–H and O–H groups in total. The molecule has 28 heavy (non-hydrogen) atoms. The van der Waals surface area contributed by atoms with E-state index in [0.29, 0.717) is 47.3 Å². The minimum atomic E-state index is -0.658.